The summed E-state index contributed by atoms with van der Waals surface area (Å²) in [4.78, 5) is 28.7. The largest absolute Gasteiger partial charge is 0.457 e. The third-order valence-corrected chi connectivity index (χ3v) is 5.26. The molecule has 0 bridgehead atoms. The number of benzene rings is 1. The second-order valence-electron chi connectivity index (χ2n) is 10.0. The van der Waals surface area contributed by atoms with Gasteiger partial charge in [0.1, 0.15) is 6.61 Å². The van der Waals surface area contributed by atoms with Crippen molar-refractivity contribution in [3.8, 4) is 0 Å². The molecule has 1 aliphatic rings. The van der Waals surface area contributed by atoms with Crippen LogP contribution >= 0.6 is 0 Å². The summed E-state index contributed by atoms with van der Waals surface area (Å²) in [6.45, 7) is 14.6. The number of hydrogen-bond acceptors (Lipinski definition) is 6. The summed E-state index contributed by atoms with van der Waals surface area (Å²) >= 11 is 0. The molecule has 1 aliphatic heterocycles. The van der Waals surface area contributed by atoms with E-state index in [0.717, 1.165) is 11.1 Å². The van der Waals surface area contributed by atoms with Gasteiger partial charge in [-0.25, -0.2) is 9.59 Å². The highest BCUT2D eigenvalue weighted by atomic mass is 16.7. The number of hydrogen-bond donors (Lipinski definition) is 0. The van der Waals surface area contributed by atoms with Crippen LogP contribution in [0, 0.1) is 6.92 Å². The molecule has 31 heavy (non-hydrogen) atoms. The van der Waals surface area contributed by atoms with Crippen LogP contribution in [0.25, 0.3) is 0 Å². The zero-order valence-corrected chi connectivity index (χ0v) is 19.4. The molecule has 0 radical (unpaired) electrons. The molecule has 0 aliphatic carbocycles. The van der Waals surface area contributed by atoms with Gasteiger partial charge in [-0.3, -0.25) is 4.57 Å². The molecule has 2 atom stereocenters. The minimum atomic E-state index is -0.741. The molecule has 1 fully saturated rings. The Labute approximate surface area is 183 Å². The smallest absolute Gasteiger partial charge is 0.349 e. The van der Waals surface area contributed by atoms with Crippen molar-refractivity contribution >= 4 is 5.97 Å². The Morgan fingerprint density at radius 1 is 1.13 bits per heavy atom. The molecule has 0 N–H and O–H groups in total. The molecule has 3 rings (SSSR count). The fourth-order valence-electron chi connectivity index (χ4n) is 3.23. The van der Waals surface area contributed by atoms with Crippen molar-refractivity contribution in [1.29, 1.82) is 0 Å². The van der Waals surface area contributed by atoms with Crippen molar-refractivity contribution in [3.05, 3.63) is 63.3 Å². The highest BCUT2D eigenvalue weighted by Crippen LogP contribution is 2.30. The molecule has 2 heterocycles. The van der Waals surface area contributed by atoms with Gasteiger partial charge >= 0.3 is 11.7 Å². The van der Waals surface area contributed by atoms with Crippen molar-refractivity contribution < 1.29 is 19.0 Å². The van der Waals surface area contributed by atoms with Gasteiger partial charge in [0.2, 0.25) is 0 Å². The van der Waals surface area contributed by atoms with Crippen LogP contribution in [0.3, 0.4) is 0 Å². The third-order valence-electron chi connectivity index (χ3n) is 5.26. The second-order valence-corrected chi connectivity index (χ2v) is 10.0. The highest BCUT2D eigenvalue weighted by molar-refractivity contribution is 5.90. The summed E-state index contributed by atoms with van der Waals surface area (Å²) in [7, 11) is 0. The lowest BCUT2D eigenvalue weighted by molar-refractivity contribution is -0.103. The van der Waals surface area contributed by atoms with Gasteiger partial charge in [-0.15, -0.1) is 0 Å². The van der Waals surface area contributed by atoms with Crippen molar-refractivity contribution in [3.63, 3.8) is 0 Å². The number of nitrogens with zero attached hydrogens (tertiary/aromatic N) is 2. The van der Waals surface area contributed by atoms with Gasteiger partial charge in [-0.05, 0) is 47.1 Å². The van der Waals surface area contributed by atoms with Gasteiger partial charge in [-0.1, -0.05) is 47.6 Å². The van der Waals surface area contributed by atoms with Crippen LogP contribution in [-0.4, -0.2) is 35.0 Å². The van der Waals surface area contributed by atoms with E-state index >= 15 is 0 Å². The predicted octanol–water partition coefficient (Wildman–Crippen LogP) is 3.88. The molecule has 1 aromatic carbocycles. The maximum atomic E-state index is 12.8. The van der Waals surface area contributed by atoms with Crippen molar-refractivity contribution in [2.75, 3.05) is 13.2 Å². The molecule has 168 valence electrons. The van der Waals surface area contributed by atoms with Crippen molar-refractivity contribution in [2.45, 2.75) is 71.8 Å². The van der Waals surface area contributed by atoms with E-state index in [0.29, 0.717) is 11.3 Å². The predicted molar refractivity (Wildman–Crippen MR) is 117 cm³/mol. The van der Waals surface area contributed by atoms with Crippen LogP contribution in [0.15, 0.2) is 35.3 Å². The summed E-state index contributed by atoms with van der Waals surface area (Å²) in [6, 6.07) is 7.65. The summed E-state index contributed by atoms with van der Waals surface area (Å²) in [5.74, 6) is -0.429. The molecule has 0 spiro atoms. The Morgan fingerprint density at radius 2 is 1.74 bits per heavy atom. The lowest BCUT2D eigenvalue weighted by Crippen LogP contribution is -2.29. The molecular weight excluding hydrogens is 396 g/mol. The Kier molecular flexibility index (Phi) is 6.39. The molecule has 2 aromatic rings. The Morgan fingerprint density at radius 3 is 2.29 bits per heavy atom. The zero-order valence-electron chi connectivity index (χ0n) is 19.4. The quantitative estimate of drug-likeness (QED) is 0.688. The van der Waals surface area contributed by atoms with Crippen LogP contribution < -0.4 is 5.69 Å². The minimum absolute atomic E-state index is 0.0615. The molecule has 1 aromatic heterocycles. The van der Waals surface area contributed by atoms with E-state index in [2.05, 4.69) is 52.6 Å². The topological polar surface area (TPSA) is 79.6 Å². The number of aromatic nitrogens is 2. The van der Waals surface area contributed by atoms with E-state index in [-0.39, 0.29) is 24.0 Å². The first-order valence-corrected chi connectivity index (χ1v) is 10.5. The van der Waals surface area contributed by atoms with Crippen LogP contribution in [0.1, 0.15) is 74.9 Å². The van der Waals surface area contributed by atoms with Gasteiger partial charge in [0, 0.05) is 11.9 Å². The number of esters is 1. The molecule has 7 heteroatoms. The van der Waals surface area contributed by atoms with E-state index < -0.39 is 24.2 Å². The van der Waals surface area contributed by atoms with Crippen LogP contribution in [0.5, 0.6) is 0 Å². The maximum absolute atomic E-state index is 12.8. The van der Waals surface area contributed by atoms with Crippen molar-refractivity contribution in [1.82, 2.24) is 9.55 Å². The Bertz CT molecular complexity index is 982. The van der Waals surface area contributed by atoms with Crippen molar-refractivity contribution in [2.24, 2.45) is 0 Å². The normalized spacial score (nSPS) is 19.5. The molecule has 0 unspecified atom stereocenters. The summed E-state index contributed by atoms with van der Waals surface area (Å²) < 4.78 is 18.2. The molecule has 0 amide bonds. The fraction of sp³-hybridized carbons (Fsp3) is 0.542. The number of rotatable bonds is 4. The van der Waals surface area contributed by atoms with E-state index in [9.17, 15) is 9.59 Å². The van der Waals surface area contributed by atoms with Gasteiger partial charge in [-0.2, -0.15) is 4.98 Å². The van der Waals surface area contributed by atoms with Gasteiger partial charge in [0.15, 0.2) is 12.5 Å². The van der Waals surface area contributed by atoms with Crippen LogP contribution in [0.2, 0.25) is 0 Å². The molecule has 7 nitrogen and oxygen atoms in total. The zero-order chi connectivity index (χ0) is 23.0. The van der Waals surface area contributed by atoms with Gasteiger partial charge < -0.3 is 14.2 Å². The number of ether oxygens (including phenoxy) is 3. The van der Waals surface area contributed by atoms with Gasteiger partial charge in [0.05, 0.1) is 12.2 Å². The summed E-state index contributed by atoms with van der Waals surface area (Å²) in [6.07, 6.45) is 0.287. The average molecular weight is 429 g/mol. The lowest BCUT2D eigenvalue weighted by Gasteiger charge is -2.26. The Balaban J connectivity index is 1.69. The average Bonchev–Trinajstić information content (AvgIpc) is 3.13. The molecular formula is C24H32N2O5. The van der Waals surface area contributed by atoms with Crippen LogP contribution in [0.4, 0.5) is 0 Å². The number of carbonyl (C=O) groups is 1. The number of aryl methyl sites for hydroxylation is 1. The first kappa shape index (κ1) is 23.2. The Hall–Kier alpha value is -2.51. The minimum Gasteiger partial charge on any atom is -0.457 e. The van der Waals surface area contributed by atoms with E-state index in [1.165, 1.54) is 4.57 Å². The molecule has 0 saturated carbocycles. The number of carbonyl (C=O) groups excluding carboxylic acids is 1. The fourth-order valence-corrected chi connectivity index (χ4v) is 3.23. The monoisotopic (exact) mass is 428 g/mol. The van der Waals surface area contributed by atoms with E-state index in [1.54, 1.807) is 19.2 Å². The third kappa shape index (κ3) is 5.60. The maximum Gasteiger partial charge on any atom is 0.349 e. The first-order chi connectivity index (χ1) is 14.3. The lowest BCUT2D eigenvalue weighted by atomic mass is 9.79. The second kappa shape index (κ2) is 8.55. The van der Waals surface area contributed by atoms with E-state index in [1.807, 2.05) is 12.1 Å². The molecule has 1 saturated heterocycles. The highest BCUT2D eigenvalue weighted by Gasteiger charge is 2.30. The van der Waals surface area contributed by atoms with Gasteiger partial charge in [0.25, 0.3) is 0 Å². The van der Waals surface area contributed by atoms with E-state index in [4.69, 9.17) is 14.2 Å². The van der Waals surface area contributed by atoms with Crippen LogP contribution in [-0.2, 0) is 25.0 Å². The first-order valence-electron chi connectivity index (χ1n) is 10.5. The SMILES string of the molecule is Cc1ccn([C@@H]2CO[C@H](COC(=O)c3cc(C(C)(C)C)cc(C(C)(C)C)c3)O2)c(=O)n1. The summed E-state index contributed by atoms with van der Waals surface area (Å²) in [5, 5.41) is 0. The summed E-state index contributed by atoms with van der Waals surface area (Å²) in [5.41, 5.74) is 2.69. The standard InChI is InChI=1S/C24H32N2O5/c1-15-8-9-26(22(28)25-15)19-13-29-20(31-19)14-30-21(27)16-10-17(23(2,3)4)12-18(11-16)24(5,6)7/h8-12,19-20H,13-14H2,1-7H3/t19-,20-/m0/s1.